The molecule has 2 aromatic rings. The van der Waals surface area contributed by atoms with Crippen LogP contribution in [0.25, 0.3) is 0 Å². The van der Waals surface area contributed by atoms with Gasteiger partial charge in [-0.2, -0.15) is 5.10 Å². The first-order valence-corrected chi connectivity index (χ1v) is 8.29. The van der Waals surface area contributed by atoms with Crippen LogP contribution in [-0.4, -0.2) is 36.1 Å². The fraction of sp³-hybridized carbons (Fsp3) is 0.500. The number of hydrogen-bond acceptors (Lipinski definition) is 5. The molecule has 6 nitrogen and oxygen atoms in total. The molecule has 1 aliphatic rings. The second-order valence-corrected chi connectivity index (χ2v) is 6.23. The van der Waals surface area contributed by atoms with E-state index in [1.807, 2.05) is 23.0 Å². The Balaban J connectivity index is 1.67. The van der Waals surface area contributed by atoms with Gasteiger partial charge < -0.3 is 19.5 Å². The number of methoxy groups -OCH3 is 1. The highest BCUT2D eigenvalue weighted by atomic mass is 16.6. The highest BCUT2D eigenvalue weighted by molar-refractivity contribution is 5.54. The van der Waals surface area contributed by atoms with Crippen LogP contribution in [0.3, 0.4) is 0 Å². The zero-order valence-electron chi connectivity index (χ0n) is 14.7. The van der Waals surface area contributed by atoms with Gasteiger partial charge in [0.15, 0.2) is 11.5 Å². The van der Waals surface area contributed by atoms with Gasteiger partial charge in [0.2, 0.25) is 5.75 Å². The number of benzene rings is 1. The molecule has 0 amide bonds. The molecule has 24 heavy (non-hydrogen) atoms. The highest BCUT2D eigenvalue weighted by Crippen LogP contribution is 2.40. The van der Waals surface area contributed by atoms with E-state index < -0.39 is 0 Å². The van der Waals surface area contributed by atoms with Crippen molar-refractivity contribution in [2.45, 2.75) is 39.4 Å². The smallest absolute Gasteiger partial charge is 0.203 e. The molecule has 130 valence electrons. The van der Waals surface area contributed by atoms with Gasteiger partial charge in [-0.1, -0.05) is 0 Å². The lowest BCUT2D eigenvalue weighted by Crippen LogP contribution is -2.33. The highest BCUT2D eigenvalue weighted by Gasteiger charge is 2.19. The number of ether oxygens (including phenoxy) is 3. The summed E-state index contributed by atoms with van der Waals surface area (Å²) < 4.78 is 18.8. The summed E-state index contributed by atoms with van der Waals surface area (Å²) in [4.78, 5) is 0. The van der Waals surface area contributed by atoms with Crippen molar-refractivity contribution in [3.8, 4) is 17.2 Å². The standard InChI is InChI=1S/C18H25N3O3/c1-12-9-20-21(11-12)14(3)13(2)19-10-15-7-16(22-4)18-17(8-15)23-5-6-24-18/h7-9,11,13-14,19H,5-6,10H2,1-4H3/t13-,14+/m0/s1. The molecule has 3 rings (SSSR count). The first-order valence-electron chi connectivity index (χ1n) is 8.29. The second-order valence-electron chi connectivity index (χ2n) is 6.23. The maximum absolute atomic E-state index is 5.69. The van der Waals surface area contributed by atoms with Crippen molar-refractivity contribution in [2.24, 2.45) is 0 Å². The summed E-state index contributed by atoms with van der Waals surface area (Å²) >= 11 is 0. The molecule has 0 aliphatic carbocycles. The molecule has 0 spiro atoms. The molecule has 6 heteroatoms. The summed E-state index contributed by atoms with van der Waals surface area (Å²) in [6, 6.07) is 4.54. The van der Waals surface area contributed by atoms with Gasteiger partial charge in [-0.15, -0.1) is 0 Å². The van der Waals surface area contributed by atoms with E-state index in [4.69, 9.17) is 14.2 Å². The Morgan fingerprint density at radius 2 is 2.08 bits per heavy atom. The molecule has 1 aliphatic heterocycles. The van der Waals surface area contributed by atoms with Gasteiger partial charge in [-0.25, -0.2) is 0 Å². The van der Waals surface area contributed by atoms with Gasteiger partial charge >= 0.3 is 0 Å². The number of hydrogen-bond donors (Lipinski definition) is 1. The summed E-state index contributed by atoms with van der Waals surface area (Å²) in [6.45, 7) is 8.22. The molecule has 0 unspecified atom stereocenters. The van der Waals surface area contributed by atoms with Crippen LogP contribution in [0.5, 0.6) is 17.2 Å². The zero-order chi connectivity index (χ0) is 17.1. The van der Waals surface area contributed by atoms with E-state index in [0.717, 1.165) is 17.9 Å². The first-order chi connectivity index (χ1) is 11.6. The Labute approximate surface area is 142 Å². The predicted molar refractivity (Wildman–Crippen MR) is 92.0 cm³/mol. The minimum atomic E-state index is 0.262. The van der Waals surface area contributed by atoms with E-state index in [9.17, 15) is 0 Å². The van der Waals surface area contributed by atoms with E-state index in [2.05, 4.69) is 37.4 Å². The van der Waals surface area contributed by atoms with Crippen molar-refractivity contribution in [3.63, 3.8) is 0 Å². The van der Waals surface area contributed by atoms with Gasteiger partial charge in [-0.3, -0.25) is 4.68 Å². The maximum Gasteiger partial charge on any atom is 0.203 e. The van der Waals surface area contributed by atoms with Crippen molar-refractivity contribution in [3.05, 3.63) is 35.7 Å². The van der Waals surface area contributed by atoms with Crippen molar-refractivity contribution in [1.82, 2.24) is 15.1 Å². The topological polar surface area (TPSA) is 57.5 Å². The SMILES string of the molecule is COc1cc(CN[C@@H](C)[C@@H](C)n2cc(C)cn2)cc2c1OCCO2. The first kappa shape index (κ1) is 16.6. The van der Waals surface area contributed by atoms with Crippen molar-refractivity contribution in [1.29, 1.82) is 0 Å². The van der Waals surface area contributed by atoms with Crippen LogP contribution in [0.15, 0.2) is 24.5 Å². The minimum Gasteiger partial charge on any atom is -0.493 e. The molecule has 1 aromatic heterocycles. The van der Waals surface area contributed by atoms with Crippen LogP contribution >= 0.6 is 0 Å². The number of aryl methyl sites for hydroxylation is 1. The predicted octanol–water partition coefficient (Wildman–Crippen LogP) is 2.71. The largest absolute Gasteiger partial charge is 0.493 e. The molecular weight excluding hydrogens is 306 g/mol. The van der Waals surface area contributed by atoms with Gasteiger partial charge in [0.25, 0.3) is 0 Å². The number of nitrogens with zero attached hydrogens (tertiary/aromatic N) is 2. The summed E-state index contributed by atoms with van der Waals surface area (Å²) in [7, 11) is 1.65. The fourth-order valence-electron chi connectivity index (χ4n) is 2.76. The molecule has 1 N–H and O–H groups in total. The molecule has 2 heterocycles. The van der Waals surface area contributed by atoms with Crippen LogP contribution < -0.4 is 19.5 Å². The zero-order valence-corrected chi connectivity index (χ0v) is 14.7. The lowest BCUT2D eigenvalue weighted by Gasteiger charge is -2.24. The number of rotatable bonds is 6. The van der Waals surface area contributed by atoms with Crippen LogP contribution in [-0.2, 0) is 6.54 Å². The average molecular weight is 331 g/mol. The van der Waals surface area contributed by atoms with Crippen LogP contribution in [0, 0.1) is 6.92 Å². The monoisotopic (exact) mass is 331 g/mol. The van der Waals surface area contributed by atoms with Crippen LogP contribution in [0.1, 0.15) is 31.0 Å². The third-order valence-electron chi connectivity index (χ3n) is 4.39. The van der Waals surface area contributed by atoms with E-state index >= 15 is 0 Å². The van der Waals surface area contributed by atoms with Gasteiger partial charge in [0, 0.05) is 18.8 Å². The third-order valence-corrected chi connectivity index (χ3v) is 4.39. The Morgan fingerprint density at radius 1 is 1.29 bits per heavy atom. The Kier molecular flexibility index (Phi) is 4.94. The van der Waals surface area contributed by atoms with E-state index in [-0.39, 0.29) is 12.1 Å². The fourth-order valence-corrected chi connectivity index (χ4v) is 2.76. The van der Waals surface area contributed by atoms with E-state index in [0.29, 0.717) is 24.7 Å². The normalized spacial score (nSPS) is 15.8. The summed E-state index contributed by atoms with van der Waals surface area (Å²) in [5.74, 6) is 2.16. The molecular formula is C18H25N3O3. The Hall–Kier alpha value is -2.21. The third kappa shape index (κ3) is 3.48. The summed E-state index contributed by atoms with van der Waals surface area (Å²) in [6.07, 6.45) is 3.95. The summed E-state index contributed by atoms with van der Waals surface area (Å²) in [5.41, 5.74) is 2.28. The molecule has 2 atom stereocenters. The molecule has 0 saturated carbocycles. The number of nitrogens with one attached hydrogen (secondary N) is 1. The second kappa shape index (κ2) is 7.13. The van der Waals surface area contributed by atoms with Crippen molar-refractivity contribution >= 4 is 0 Å². The maximum atomic E-state index is 5.69. The Morgan fingerprint density at radius 3 is 2.79 bits per heavy atom. The van der Waals surface area contributed by atoms with E-state index in [1.54, 1.807) is 7.11 Å². The molecule has 0 radical (unpaired) electrons. The number of aromatic nitrogens is 2. The number of fused-ring (bicyclic) bond motifs is 1. The average Bonchev–Trinajstić information content (AvgIpc) is 3.04. The van der Waals surface area contributed by atoms with Gasteiger partial charge in [-0.05, 0) is 44.0 Å². The lowest BCUT2D eigenvalue weighted by molar-refractivity contribution is 0.165. The molecule has 1 aromatic carbocycles. The van der Waals surface area contributed by atoms with Crippen molar-refractivity contribution < 1.29 is 14.2 Å². The van der Waals surface area contributed by atoms with Crippen molar-refractivity contribution in [2.75, 3.05) is 20.3 Å². The quantitative estimate of drug-likeness (QED) is 0.882. The van der Waals surface area contributed by atoms with Crippen LogP contribution in [0.4, 0.5) is 0 Å². The lowest BCUT2D eigenvalue weighted by atomic mass is 10.1. The summed E-state index contributed by atoms with van der Waals surface area (Å²) in [5, 5.41) is 7.95. The molecule has 0 fully saturated rings. The molecule has 0 bridgehead atoms. The van der Waals surface area contributed by atoms with E-state index in [1.165, 1.54) is 5.56 Å². The molecule has 0 saturated heterocycles. The Bertz CT molecular complexity index is 682. The van der Waals surface area contributed by atoms with Gasteiger partial charge in [0.05, 0.1) is 19.3 Å². The minimum absolute atomic E-state index is 0.262. The van der Waals surface area contributed by atoms with Gasteiger partial charge in [0.1, 0.15) is 13.2 Å². The van der Waals surface area contributed by atoms with Crippen LogP contribution in [0.2, 0.25) is 0 Å².